The average Bonchev–Trinajstić information content (AvgIpc) is 3.32. The van der Waals surface area contributed by atoms with Crippen molar-refractivity contribution in [3.8, 4) is 11.4 Å². The molecule has 0 saturated carbocycles. The molecular weight excluding hydrogens is 360 g/mol. The number of fused-ring (bicyclic) bond motifs is 1. The van der Waals surface area contributed by atoms with Crippen LogP contribution in [0, 0.1) is 0 Å². The van der Waals surface area contributed by atoms with Gasteiger partial charge >= 0.3 is 5.69 Å². The fraction of sp³-hybridized carbons (Fsp3) is 0.316. The summed E-state index contributed by atoms with van der Waals surface area (Å²) in [5.41, 5.74) is 1.88. The van der Waals surface area contributed by atoms with Gasteiger partial charge in [-0.15, -0.1) is 0 Å². The van der Waals surface area contributed by atoms with Gasteiger partial charge in [0.1, 0.15) is 6.54 Å². The molecule has 4 rings (SSSR count). The van der Waals surface area contributed by atoms with E-state index in [0.29, 0.717) is 28.8 Å². The van der Waals surface area contributed by atoms with E-state index in [1.807, 2.05) is 24.3 Å². The normalized spacial score (nSPS) is 11.6. The molecule has 0 amide bonds. The van der Waals surface area contributed by atoms with Gasteiger partial charge in [-0.1, -0.05) is 43.3 Å². The highest BCUT2D eigenvalue weighted by Gasteiger charge is 2.16. The lowest BCUT2D eigenvalue weighted by molar-refractivity contribution is 0.372. The van der Waals surface area contributed by atoms with Gasteiger partial charge in [-0.05, 0) is 11.5 Å². The predicted molar refractivity (Wildman–Crippen MR) is 103 cm³/mol. The predicted octanol–water partition coefficient (Wildman–Crippen LogP) is 1.66. The summed E-state index contributed by atoms with van der Waals surface area (Å²) in [4.78, 5) is 33.2. The Morgan fingerprint density at radius 2 is 1.79 bits per heavy atom. The first-order valence-corrected chi connectivity index (χ1v) is 8.90. The third-order valence-corrected chi connectivity index (χ3v) is 4.83. The Morgan fingerprint density at radius 1 is 1.07 bits per heavy atom. The molecule has 0 saturated heterocycles. The van der Waals surface area contributed by atoms with Crippen LogP contribution in [0.1, 0.15) is 31.2 Å². The molecule has 0 unspecified atom stereocenters. The first kappa shape index (κ1) is 17.9. The summed E-state index contributed by atoms with van der Waals surface area (Å²) in [5.74, 6) is 1.27. The molecule has 3 aromatic heterocycles. The molecule has 144 valence electrons. The molecule has 28 heavy (non-hydrogen) atoms. The molecule has 0 aliphatic rings. The number of hydrogen-bond donors (Lipinski definition) is 0. The van der Waals surface area contributed by atoms with Crippen LogP contribution in [0.25, 0.3) is 22.6 Å². The smallest absolute Gasteiger partial charge is 0.332 e. The van der Waals surface area contributed by atoms with Crippen molar-refractivity contribution in [3.63, 3.8) is 0 Å². The molecule has 0 fully saturated rings. The molecular formula is C19H20N6O3. The van der Waals surface area contributed by atoms with Crippen LogP contribution in [0.3, 0.4) is 0 Å². The Kier molecular flexibility index (Phi) is 4.21. The zero-order chi connectivity index (χ0) is 20.0. The maximum absolute atomic E-state index is 12.5. The third kappa shape index (κ3) is 2.84. The van der Waals surface area contributed by atoms with Crippen molar-refractivity contribution in [1.82, 2.24) is 28.8 Å². The highest BCUT2D eigenvalue weighted by atomic mass is 16.5. The van der Waals surface area contributed by atoms with Crippen molar-refractivity contribution < 1.29 is 4.52 Å². The van der Waals surface area contributed by atoms with Crippen LogP contribution in [0.2, 0.25) is 0 Å². The number of nitrogens with zero attached hydrogens (tertiary/aromatic N) is 6. The van der Waals surface area contributed by atoms with Crippen molar-refractivity contribution in [3.05, 3.63) is 62.9 Å². The number of aromatic nitrogens is 6. The highest BCUT2D eigenvalue weighted by Crippen LogP contribution is 2.21. The van der Waals surface area contributed by atoms with E-state index in [9.17, 15) is 9.59 Å². The van der Waals surface area contributed by atoms with Gasteiger partial charge in [0, 0.05) is 19.7 Å². The van der Waals surface area contributed by atoms with Crippen molar-refractivity contribution in [2.75, 3.05) is 0 Å². The largest absolute Gasteiger partial charge is 0.337 e. The fourth-order valence-corrected chi connectivity index (χ4v) is 3.12. The number of rotatable bonds is 4. The number of aryl methyl sites for hydroxylation is 1. The van der Waals surface area contributed by atoms with E-state index in [2.05, 4.69) is 29.0 Å². The minimum Gasteiger partial charge on any atom is -0.337 e. The minimum absolute atomic E-state index is 0.182. The van der Waals surface area contributed by atoms with Crippen molar-refractivity contribution in [2.24, 2.45) is 14.1 Å². The van der Waals surface area contributed by atoms with E-state index in [1.165, 1.54) is 23.5 Å². The lowest BCUT2D eigenvalue weighted by Gasteiger charge is -2.05. The summed E-state index contributed by atoms with van der Waals surface area (Å²) in [6, 6.07) is 8.01. The molecule has 0 N–H and O–H groups in total. The Bertz CT molecular complexity index is 1270. The van der Waals surface area contributed by atoms with E-state index >= 15 is 0 Å². The zero-order valence-corrected chi connectivity index (χ0v) is 16.1. The Labute approximate surface area is 159 Å². The van der Waals surface area contributed by atoms with E-state index in [0.717, 1.165) is 10.1 Å². The zero-order valence-electron chi connectivity index (χ0n) is 16.1. The summed E-state index contributed by atoms with van der Waals surface area (Å²) in [7, 11) is 3.01. The third-order valence-electron chi connectivity index (χ3n) is 4.83. The van der Waals surface area contributed by atoms with Crippen molar-refractivity contribution >= 4 is 11.2 Å². The maximum atomic E-state index is 12.5. The summed E-state index contributed by atoms with van der Waals surface area (Å²) < 4.78 is 9.35. The molecule has 1 aromatic carbocycles. The molecule has 3 heterocycles. The van der Waals surface area contributed by atoms with Gasteiger partial charge in [0.15, 0.2) is 11.2 Å². The molecule has 0 spiro atoms. The molecule has 0 atom stereocenters. The molecule has 0 radical (unpaired) electrons. The van der Waals surface area contributed by atoms with Gasteiger partial charge in [0.25, 0.3) is 5.56 Å². The summed E-state index contributed by atoms with van der Waals surface area (Å²) >= 11 is 0. The van der Waals surface area contributed by atoms with Gasteiger partial charge in [0.05, 0.1) is 6.33 Å². The maximum Gasteiger partial charge on any atom is 0.332 e. The first-order chi connectivity index (χ1) is 13.4. The lowest BCUT2D eigenvalue weighted by Crippen LogP contribution is -2.37. The van der Waals surface area contributed by atoms with Crippen LogP contribution in [-0.4, -0.2) is 28.8 Å². The second kappa shape index (κ2) is 6.59. The van der Waals surface area contributed by atoms with Gasteiger partial charge in [-0.25, -0.2) is 9.78 Å². The molecule has 9 heteroatoms. The summed E-state index contributed by atoms with van der Waals surface area (Å²) in [6.07, 6.45) is 1.49. The fourth-order valence-electron chi connectivity index (χ4n) is 3.12. The van der Waals surface area contributed by atoms with Gasteiger partial charge in [0.2, 0.25) is 11.7 Å². The monoisotopic (exact) mass is 380 g/mol. The first-order valence-electron chi connectivity index (χ1n) is 8.90. The molecule has 0 aliphatic carbocycles. The number of imidazole rings is 1. The molecule has 0 aliphatic heterocycles. The van der Waals surface area contributed by atoms with Gasteiger partial charge in [-0.2, -0.15) is 4.98 Å². The highest BCUT2D eigenvalue weighted by molar-refractivity contribution is 5.70. The summed E-state index contributed by atoms with van der Waals surface area (Å²) in [6.45, 7) is 4.45. The topological polar surface area (TPSA) is 101 Å². The average molecular weight is 380 g/mol. The SMILES string of the molecule is CC(C)c1ccc(-c2noc(Cn3cnc4c3c(=O)n(C)c(=O)n4C)n2)cc1. The molecule has 4 aromatic rings. The minimum atomic E-state index is -0.423. The Balaban J connectivity index is 1.68. The lowest BCUT2D eigenvalue weighted by atomic mass is 10.0. The second-order valence-corrected chi connectivity index (χ2v) is 7.04. The second-order valence-electron chi connectivity index (χ2n) is 7.04. The van der Waals surface area contributed by atoms with Crippen LogP contribution in [0.4, 0.5) is 0 Å². The number of benzene rings is 1. The van der Waals surface area contributed by atoms with E-state index in [-0.39, 0.29) is 6.54 Å². The van der Waals surface area contributed by atoms with Crippen LogP contribution in [0.15, 0.2) is 44.7 Å². The number of hydrogen-bond acceptors (Lipinski definition) is 6. The van der Waals surface area contributed by atoms with E-state index in [1.54, 1.807) is 11.6 Å². The quantitative estimate of drug-likeness (QED) is 0.534. The Hall–Kier alpha value is -3.49. The summed E-state index contributed by atoms with van der Waals surface area (Å²) in [5, 5.41) is 4.03. The van der Waals surface area contributed by atoms with Gasteiger partial charge in [-0.3, -0.25) is 13.9 Å². The van der Waals surface area contributed by atoms with Gasteiger partial charge < -0.3 is 9.09 Å². The Morgan fingerprint density at radius 3 is 2.46 bits per heavy atom. The van der Waals surface area contributed by atoms with Crippen LogP contribution < -0.4 is 11.2 Å². The van der Waals surface area contributed by atoms with Crippen LogP contribution in [-0.2, 0) is 20.6 Å². The standard InChI is InChI=1S/C19H20N6O3/c1-11(2)12-5-7-13(8-6-12)16-21-14(28-22-16)9-25-10-20-17-15(25)18(26)24(4)19(27)23(17)3/h5-8,10-11H,9H2,1-4H3. The van der Waals surface area contributed by atoms with Crippen molar-refractivity contribution in [1.29, 1.82) is 0 Å². The van der Waals surface area contributed by atoms with E-state index < -0.39 is 11.2 Å². The molecule has 9 nitrogen and oxygen atoms in total. The van der Waals surface area contributed by atoms with Crippen molar-refractivity contribution in [2.45, 2.75) is 26.3 Å². The van der Waals surface area contributed by atoms with Crippen LogP contribution >= 0.6 is 0 Å². The molecule has 0 bridgehead atoms. The van der Waals surface area contributed by atoms with Crippen LogP contribution in [0.5, 0.6) is 0 Å². The van der Waals surface area contributed by atoms with E-state index in [4.69, 9.17) is 4.52 Å².